The summed E-state index contributed by atoms with van der Waals surface area (Å²) in [4.78, 5) is 13.7. The van der Waals surface area contributed by atoms with Crippen LogP contribution in [0, 0.1) is 5.82 Å². The molecule has 1 aliphatic rings. The predicted octanol–water partition coefficient (Wildman–Crippen LogP) is 2.80. The number of aliphatic carboxylic acids is 1. The van der Waals surface area contributed by atoms with Crippen molar-refractivity contribution in [1.29, 1.82) is 0 Å². The van der Waals surface area contributed by atoms with Crippen molar-refractivity contribution < 1.29 is 24.1 Å². The molecular weight excluding hydrogens is 415 g/mol. The number of aromatic nitrogens is 3. The Bertz CT molecular complexity index is 1060. The molecule has 8 nitrogen and oxygen atoms in total. The summed E-state index contributed by atoms with van der Waals surface area (Å²) < 4.78 is 20.9. The molecule has 1 aliphatic carbocycles. The number of aliphatic hydroxyl groups is 1. The molecular formula is C23H27FN4O4. The van der Waals surface area contributed by atoms with E-state index in [4.69, 9.17) is 25.4 Å². The second-order valence-electron chi connectivity index (χ2n) is 7.69. The van der Waals surface area contributed by atoms with Gasteiger partial charge in [0.15, 0.2) is 5.82 Å². The van der Waals surface area contributed by atoms with E-state index in [1.54, 1.807) is 19.2 Å². The first-order valence-electron chi connectivity index (χ1n) is 10.2. The molecule has 9 heteroatoms. The molecule has 1 fully saturated rings. The van der Waals surface area contributed by atoms with Gasteiger partial charge in [-0.1, -0.05) is 30.3 Å². The fraction of sp³-hybridized carbons (Fsp3) is 0.348. The maximum Gasteiger partial charge on any atom is 0.300 e. The summed E-state index contributed by atoms with van der Waals surface area (Å²) in [5.41, 5.74) is 7.59. The lowest BCUT2D eigenvalue weighted by Crippen LogP contribution is -2.28. The summed E-state index contributed by atoms with van der Waals surface area (Å²) in [6, 6.07) is 13.7. The van der Waals surface area contributed by atoms with E-state index in [1.807, 2.05) is 28.9 Å². The van der Waals surface area contributed by atoms with Crippen LogP contribution in [0.2, 0.25) is 0 Å². The predicted molar refractivity (Wildman–Crippen MR) is 117 cm³/mol. The first kappa shape index (κ1) is 23.4. The van der Waals surface area contributed by atoms with Crippen molar-refractivity contribution in [2.75, 3.05) is 7.11 Å². The molecule has 2 aromatic carbocycles. The third-order valence-electron chi connectivity index (χ3n) is 5.24. The molecule has 0 bridgehead atoms. The molecule has 4 rings (SSSR count). The summed E-state index contributed by atoms with van der Waals surface area (Å²) in [6.07, 6.45) is 0.613. The minimum Gasteiger partial charge on any atom is -0.496 e. The van der Waals surface area contributed by atoms with Crippen LogP contribution in [0.25, 0.3) is 11.4 Å². The summed E-state index contributed by atoms with van der Waals surface area (Å²) >= 11 is 0. The lowest BCUT2D eigenvalue weighted by Gasteiger charge is -2.13. The Hall–Kier alpha value is -3.30. The zero-order valence-corrected chi connectivity index (χ0v) is 18.0. The Kier molecular flexibility index (Phi) is 7.55. The van der Waals surface area contributed by atoms with Crippen LogP contribution in [0.4, 0.5) is 4.39 Å². The van der Waals surface area contributed by atoms with Gasteiger partial charge in [0.05, 0.1) is 19.8 Å². The van der Waals surface area contributed by atoms with E-state index in [-0.39, 0.29) is 17.8 Å². The van der Waals surface area contributed by atoms with E-state index in [2.05, 4.69) is 5.10 Å². The van der Waals surface area contributed by atoms with Gasteiger partial charge >= 0.3 is 0 Å². The minimum absolute atomic E-state index is 0.00508. The van der Waals surface area contributed by atoms with Gasteiger partial charge in [-0.25, -0.2) is 14.1 Å². The van der Waals surface area contributed by atoms with Crippen LogP contribution in [0.1, 0.15) is 37.1 Å². The van der Waals surface area contributed by atoms with Gasteiger partial charge in [0.1, 0.15) is 17.4 Å². The zero-order valence-electron chi connectivity index (χ0n) is 18.0. The minimum atomic E-state index is -0.833. The quantitative estimate of drug-likeness (QED) is 0.555. The number of hydrogen-bond donors (Lipinski definition) is 3. The first-order valence-corrected chi connectivity index (χ1v) is 10.2. The van der Waals surface area contributed by atoms with Crippen molar-refractivity contribution in [3.05, 3.63) is 65.7 Å². The largest absolute Gasteiger partial charge is 0.496 e. The van der Waals surface area contributed by atoms with Crippen molar-refractivity contribution in [1.82, 2.24) is 14.8 Å². The number of nitrogens with two attached hydrogens (primary N) is 1. The molecule has 3 aromatic rings. The number of para-hydroxylation sites is 1. The summed E-state index contributed by atoms with van der Waals surface area (Å²) in [5.74, 6) is 0.795. The van der Waals surface area contributed by atoms with E-state index in [9.17, 15) is 9.50 Å². The van der Waals surface area contributed by atoms with Crippen molar-refractivity contribution in [3.8, 4) is 17.1 Å². The Morgan fingerprint density at radius 3 is 2.59 bits per heavy atom. The van der Waals surface area contributed by atoms with E-state index < -0.39 is 12.1 Å². The van der Waals surface area contributed by atoms with Crippen LogP contribution in [0.15, 0.2) is 48.5 Å². The molecule has 1 saturated carbocycles. The van der Waals surface area contributed by atoms with Crippen LogP contribution in [0.5, 0.6) is 5.75 Å². The van der Waals surface area contributed by atoms with E-state index >= 15 is 0 Å². The van der Waals surface area contributed by atoms with Crippen molar-refractivity contribution in [2.24, 2.45) is 5.73 Å². The van der Waals surface area contributed by atoms with E-state index in [0.29, 0.717) is 30.8 Å². The number of carboxylic acid groups (broad SMARTS) is 1. The standard InChI is InChI=1S/C21H23FN4O2.C2H4O2/c1-28-19-8-3-2-5-14(19)12-26-21(15-10-17(23)18(27)11-15)24-20(25-26)13-6-4-7-16(22)9-13;1-2(3)4/h2-9,15,17-18,27H,10-12,23H2,1H3;1H3,(H,3,4)/t15-,17-,18-;/m0./s1. The second kappa shape index (κ2) is 10.3. The maximum atomic E-state index is 13.7. The van der Waals surface area contributed by atoms with Crippen LogP contribution < -0.4 is 10.5 Å². The number of carboxylic acids is 1. The number of halogens is 1. The average molecular weight is 442 g/mol. The van der Waals surface area contributed by atoms with Crippen molar-refractivity contribution in [2.45, 2.75) is 44.4 Å². The van der Waals surface area contributed by atoms with Gasteiger partial charge in [0.25, 0.3) is 5.97 Å². The Balaban J connectivity index is 0.000000668. The number of rotatable bonds is 5. The van der Waals surface area contributed by atoms with Gasteiger partial charge in [0.2, 0.25) is 0 Å². The molecule has 32 heavy (non-hydrogen) atoms. The van der Waals surface area contributed by atoms with Gasteiger partial charge in [-0.05, 0) is 31.0 Å². The fourth-order valence-corrected chi connectivity index (χ4v) is 3.78. The van der Waals surface area contributed by atoms with Crippen molar-refractivity contribution >= 4 is 5.97 Å². The molecule has 170 valence electrons. The maximum absolute atomic E-state index is 13.7. The molecule has 0 unspecified atom stereocenters. The average Bonchev–Trinajstić information content (AvgIpc) is 3.31. The number of methoxy groups -OCH3 is 1. The van der Waals surface area contributed by atoms with E-state index in [0.717, 1.165) is 24.1 Å². The molecule has 4 N–H and O–H groups in total. The molecule has 0 radical (unpaired) electrons. The SMILES string of the molecule is CC(=O)O.COc1ccccc1Cn1nc(-c2cccc(F)c2)nc1[C@H]1C[C@H](N)[C@@H](O)C1. The van der Waals surface area contributed by atoms with Gasteiger partial charge in [0, 0.05) is 30.0 Å². The Morgan fingerprint density at radius 1 is 1.25 bits per heavy atom. The molecule has 0 amide bonds. The lowest BCUT2D eigenvalue weighted by molar-refractivity contribution is -0.134. The van der Waals surface area contributed by atoms with Crippen molar-refractivity contribution in [3.63, 3.8) is 0 Å². The van der Waals surface area contributed by atoms with Gasteiger partial charge in [-0.3, -0.25) is 4.79 Å². The highest BCUT2D eigenvalue weighted by Gasteiger charge is 2.34. The fourth-order valence-electron chi connectivity index (χ4n) is 3.78. The molecule has 1 aromatic heterocycles. The van der Waals surface area contributed by atoms with E-state index in [1.165, 1.54) is 12.1 Å². The monoisotopic (exact) mass is 442 g/mol. The lowest BCUT2D eigenvalue weighted by atomic mass is 10.1. The van der Waals surface area contributed by atoms with Gasteiger partial charge < -0.3 is 20.7 Å². The number of ether oxygens (including phenoxy) is 1. The highest BCUT2D eigenvalue weighted by molar-refractivity contribution is 5.63. The molecule has 0 spiro atoms. The second-order valence-corrected chi connectivity index (χ2v) is 7.69. The van der Waals surface area contributed by atoms with Crippen LogP contribution in [0.3, 0.4) is 0 Å². The Labute approximate surface area is 185 Å². The summed E-state index contributed by atoms with van der Waals surface area (Å²) in [5, 5.41) is 22.2. The number of benzene rings is 2. The first-order chi connectivity index (χ1) is 15.3. The molecule has 3 atom stereocenters. The number of aliphatic hydroxyl groups excluding tert-OH is 1. The third-order valence-corrected chi connectivity index (χ3v) is 5.24. The molecule has 0 saturated heterocycles. The number of carbonyl (C=O) groups is 1. The zero-order chi connectivity index (χ0) is 23.3. The van der Waals surface area contributed by atoms with Gasteiger partial charge in [-0.2, -0.15) is 5.10 Å². The van der Waals surface area contributed by atoms with Crippen LogP contribution in [-0.4, -0.2) is 50.2 Å². The third kappa shape index (κ3) is 5.68. The number of nitrogens with zero attached hydrogens (tertiary/aromatic N) is 3. The smallest absolute Gasteiger partial charge is 0.300 e. The summed E-state index contributed by atoms with van der Waals surface area (Å²) in [7, 11) is 1.63. The highest BCUT2D eigenvalue weighted by atomic mass is 19.1. The van der Waals surface area contributed by atoms with Crippen LogP contribution in [-0.2, 0) is 11.3 Å². The molecule has 0 aliphatic heterocycles. The highest BCUT2D eigenvalue weighted by Crippen LogP contribution is 2.34. The van der Waals surface area contributed by atoms with Crippen LogP contribution >= 0.6 is 0 Å². The Morgan fingerprint density at radius 2 is 1.97 bits per heavy atom. The van der Waals surface area contributed by atoms with Gasteiger partial charge in [-0.15, -0.1) is 0 Å². The number of hydrogen-bond acceptors (Lipinski definition) is 6. The summed E-state index contributed by atoms with van der Waals surface area (Å²) in [6.45, 7) is 1.55. The normalized spacial score (nSPS) is 19.8. The molecule has 1 heterocycles. The topological polar surface area (TPSA) is 123 Å².